The van der Waals surface area contributed by atoms with Crippen LogP contribution in [0.3, 0.4) is 0 Å². The molecule has 1 aliphatic rings. The Kier molecular flexibility index (Phi) is 13.8. The van der Waals surface area contributed by atoms with E-state index in [4.69, 9.17) is 59.8 Å². The first-order valence-electron chi connectivity index (χ1n) is 27.7. The molecule has 0 aliphatic heterocycles. The summed E-state index contributed by atoms with van der Waals surface area (Å²) >= 11 is 0. The Hall–Kier alpha value is -11.5. The van der Waals surface area contributed by atoms with E-state index < -0.39 is 0 Å². The Morgan fingerprint density at radius 2 is 0.393 bits per heavy atom. The van der Waals surface area contributed by atoms with E-state index in [-0.39, 0.29) is 11.6 Å². The second-order valence-corrected chi connectivity index (χ2v) is 20.0. The van der Waals surface area contributed by atoms with Crippen molar-refractivity contribution in [2.24, 2.45) is 0 Å². The normalized spacial score (nSPS) is 12.0. The lowest BCUT2D eigenvalue weighted by Gasteiger charge is -2.14. The summed E-state index contributed by atoms with van der Waals surface area (Å²) in [4.78, 5) is 63.7. The molecule has 0 atom stereocenters. The van der Waals surface area contributed by atoms with Gasteiger partial charge < -0.3 is 0 Å². The van der Waals surface area contributed by atoms with Gasteiger partial charge in [-0.05, 0) is 54.8 Å². The number of allylic oxidation sites excluding steroid dienone is 4. The zero-order chi connectivity index (χ0) is 56.0. The zero-order valence-corrected chi connectivity index (χ0v) is 45.2. The van der Waals surface area contributed by atoms with Crippen molar-refractivity contribution in [2.75, 3.05) is 0 Å². The number of hydrogen-bond acceptors (Lipinski definition) is 12. The van der Waals surface area contributed by atoms with Crippen LogP contribution in [0.4, 0.5) is 0 Å². The first kappa shape index (κ1) is 50.7. The molecule has 0 N–H and O–H groups in total. The Bertz CT molecular complexity index is 4250. The van der Waals surface area contributed by atoms with Crippen molar-refractivity contribution < 1.29 is 0 Å². The molecular formula is C72H48N12. The van der Waals surface area contributed by atoms with Crippen LogP contribution in [0.5, 0.6) is 0 Å². The molecule has 6 heterocycles. The SMILES string of the molecule is C1=CC(c2cc(-c3ccccc3)nc(-c3cc(-c4nc(-c5ccccc5)cc(-c5ccccc5)n4)nc(-c4nc(-c5nc(-c6ccccc6)cc(-c6ccccc6)n5)cc(-c5nc(-c6ccccc6)cc(-c6ccccc6)n5)n4)n3)n2)=CCC1. The molecule has 396 valence electrons. The van der Waals surface area contributed by atoms with E-state index in [1.165, 1.54) is 0 Å². The molecule has 7 aromatic carbocycles. The fourth-order valence-electron chi connectivity index (χ4n) is 10.0. The molecule has 0 saturated heterocycles. The molecule has 0 saturated carbocycles. The minimum absolute atomic E-state index is 0.135. The Labute approximate surface area is 485 Å². The molecule has 0 amide bonds. The van der Waals surface area contributed by atoms with Crippen molar-refractivity contribution in [3.8, 4) is 137 Å². The monoisotopic (exact) mass is 1080 g/mol. The summed E-state index contributed by atoms with van der Waals surface area (Å²) in [6.45, 7) is 0. The highest BCUT2D eigenvalue weighted by atomic mass is 15.1. The van der Waals surface area contributed by atoms with Crippen LogP contribution in [0.1, 0.15) is 18.5 Å². The summed E-state index contributed by atoms with van der Waals surface area (Å²) in [7, 11) is 0. The minimum Gasteiger partial charge on any atom is -0.227 e. The Morgan fingerprint density at radius 1 is 0.190 bits per heavy atom. The van der Waals surface area contributed by atoms with Gasteiger partial charge in [0.25, 0.3) is 0 Å². The van der Waals surface area contributed by atoms with Crippen LogP contribution in [0.15, 0.2) is 267 Å². The molecule has 13 aromatic rings. The van der Waals surface area contributed by atoms with E-state index in [0.29, 0.717) is 80.2 Å². The summed E-state index contributed by atoms with van der Waals surface area (Å²) in [6.07, 6.45) is 8.34. The third-order valence-electron chi connectivity index (χ3n) is 14.3. The average Bonchev–Trinajstić information content (AvgIpc) is 3.78. The van der Waals surface area contributed by atoms with Gasteiger partial charge in [-0.15, -0.1) is 0 Å². The molecule has 0 radical (unpaired) electrons. The fraction of sp³-hybridized carbons (Fsp3) is 0.0278. The predicted molar refractivity (Wildman–Crippen MR) is 332 cm³/mol. The maximum absolute atomic E-state index is 5.38. The molecule has 12 nitrogen and oxygen atoms in total. The number of benzene rings is 7. The largest absolute Gasteiger partial charge is 0.227 e. The highest BCUT2D eigenvalue weighted by Gasteiger charge is 2.24. The Morgan fingerprint density at radius 3 is 0.619 bits per heavy atom. The molecular weight excluding hydrogens is 1030 g/mol. The van der Waals surface area contributed by atoms with Gasteiger partial charge in [0.1, 0.15) is 22.8 Å². The number of aromatic nitrogens is 12. The molecule has 14 rings (SSSR count). The number of hydrogen-bond donors (Lipinski definition) is 0. The molecule has 0 unspecified atom stereocenters. The second-order valence-electron chi connectivity index (χ2n) is 20.0. The third kappa shape index (κ3) is 10.9. The van der Waals surface area contributed by atoms with E-state index in [9.17, 15) is 0 Å². The molecule has 1 aliphatic carbocycles. The minimum atomic E-state index is 0.135. The van der Waals surface area contributed by atoms with Gasteiger partial charge in [-0.1, -0.05) is 231 Å². The van der Waals surface area contributed by atoms with Crippen LogP contribution in [0, 0.1) is 0 Å². The van der Waals surface area contributed by atoms with Gasteiger partial charge in [0, 0.05) is 38.9 Å². The van der Waals surface area contributed by atoms with E-state index in [1.807, 2.05) is 249 Å². The molecule has 0 fully saturated rings. The van der Waals surface area contributed by atoms with Crippen molar-refractivity contribution >= 4 is 5.57 Å². The van der Waals surface area contributed by atoms with Crippen molar-refractivity contribution in [3.05, 3.63) is 273 Å². The predicted octanol–water partition coefficient (Wildman–Crippen LogP) is 16.2. The fourth-order valence-corrected chi connectivity index (χ4v) is 10.0. The topological polar surface area (TPSA) is 155 Å². The Balaban J connectivity index is 1.05. The first-order chi connectivity index (χ1) is 41.6. The maximum Gasteiger partial charge on any atom is 0.199 e. The lowest BCUT2D eigenvalue weighted by Crippen LogP contribution is -2.07. The second kappa shape index (κ2) is 22.9. The third-order valence-corrected chi connectivity index (χ3v) is 14.3. The maximum atomic E-state index is 5.38. The van der Waals surface area contributed by atoms with Gasteiger partial charge in [-0.2, -0.15) is 0 Å². The van der Waals surface area contributed by atoms with Crippen LogP contribution >= 0.6 is 0 Å². The highest BCUT2D eigenvalue weighted by molar-refractivity contribution is 5.80. The summed E-state index contributed by atoms with van der Waals surface area (Å²) in [5.74, 6) is 1.64. The van der Waals surface area contributed by atoms with Gasteiger partial charge in [0.2, 0.25) is 0 Å². The van der Waals surface area contributed by atoms with Gasteiger partial charge in [0.15, 0.2) is 34.9 Å². The summed E-state index contributed by atoms with van der Waals surface area (Å²) in [5, 5.41) is 0. The van der Waals surface area contributed by atoms with E-state index in [0.717, 1.165) is 68.7 Å². The van der Waals surface area contributed by atoms with Gasteiger partial charge in [-0.3, -0.25) is 0 Å². The van der Waals surface area contributed by atoms with Gasteiger partial charge in [0.05, 0.1) is 45.6 Å². The van der Waals surface area contributed by atoms with Crippen molar-refractivity contribution in [2.45, 2.75) is 12.8 Å². The smallest absolute Gasteiger partial charge is 0.199 e. The molecule has 84 heavy (non-hydrogen) atoms. The molecule has 6 aromatic heterocycles. The lowest BCUT2D eigenvalue weighted by atomic mass is 10.0. The number of nitrogens with zero attached hydrogens (tertiary/aromatic N) is 12. The standard InChI is InChI=1S/C72H48N12/c1-9-25-47(26-10-1)55-41-56(48-27-11-2-12-28-48)74-67(73-55)63-45-64(68-75-57(49-29-13-3-14-30-49)42-58(76-68)50-31-15-4-16-32-50)82-71(81-63)72-83-65(69-77-59(51-33-17-5-18-34-51)43-60(78-69)52-35-19-6-20-36-52)46-66(84-72)70-79-61(53-37-21-7-22-38-53)44-62(80-70)54-39-23-8-24-40-54/h1-7,9-23,25-46H,8,24H2. The lowest BCUT2D eigenvalue weighted by molar-refractivity contribution is 1.03. The van der Waals surface area contributed by atoms with Crippen LogP contribution < -0.4 is 0 Å². The summed E-state index contributed by atoms with van der Waals surface area (Å²) in [5.41, 5.74) is 14.6. The van der Waals surface area contributed by atoms with Gasteiger partial charge in [-0.25, -0.2) is 59.8 Å². The van der Waals surface area contributed by atoms with E-state index >= 15 is 0 Å². The zero-order valence-electron chi connectivity index (χ0n) is 45.2. The number of rotatable bonds is 13. The van der Waals surface area contributed by atoms with Gasteiger partial charge >= 0.3 is 0 Å². The van der Waals surface area contributed by atoms with Crippen molar-refractivity contribution in [3.63, 3.8) is 0 Å². The van der Waals surface area contributed by atoms with E-state index in [1.54, 1.807) is 0 Å². The van der Waals surface area contributed by atoms with Crippen LogP contribution in [-0.4, -0.2) is 59.8 Å². The highest BCUT2D eigenvalue weighted by Crippen LogP contribution is 2.35. The summed E-state index contributed by atoms with van der Waals surface area (Å²) in [6, 6.07) is 82.1. The van der Waals surface area contributed by atoms with Crippen LogP contribution in [0.2, 0.25) is 0 Å². The molecule has 12 heteroatoms. The summed E-state index contributed by atoms with van der Waals surface area (Å²) < 4.78 is 0. The van der Waals surface area contributed by atoms with Crippen molar-refractivity contribution in [1.29, 1.82) is 0 Å². The molecule has 0 bridgehead atoms. The van der Waals surface area contributed by atoms with Crippen molar-refractivity contribution in [1.82, 2.24) is 59.8 Å². The van der Waals surface area contributed by atoms with E-state index in [2.05, 4.69) is 18.2 Å². The average molecular weight is 1080 g/mol. The molecule has 0 spiro atoms. The van der Waals surface area contributed by atoms with Crippen LogP contribution in [0.25, 0.3) is 142 Å². The quantitative estimate of drug-likeness (QED) is 0.108. The van der Waals surface area contributed by atoms with Crippen LogP contribution in [-0.2, 0) is 0 Å². The first-order valence-corrected chi connectivity index (χ1v) is 27.7.